The Balaban J connectivity index is 2.19. The molecule has 35 heavy (non-hydrogen) atoms. The Kier molecular flexibility index (Phi) is 10.8. The van der Waals surface area contributed by atoms with Crippen LogP contribution in [0, 0.1) is 4.77 Å². The van der Waals surface area contributed by atoms with Crippen LogP contribution in [0.1, 0.15) is 40.8 Å². The first kappa shape index (κ1) is 28.9. The normalized spacial score (nSPS) is 16.7. The van der Waals surface area contributed by atoms with Crippen LogP contribution in [0.15, 0.2) is 47.4 Å². The first-order chi connectivity index (χ1) is 16.4. The van der Waals surface area contributed by atoms with E-state index in [1.807, 2.05) is 0 Å². The lowest BCUT2D eigenvalue weighted by atomic mass is 10.2. The van der Waals surface area contributed by atoms with E-state index in [1.165, 1.54) is 30.7 Å². The van der Waals surface area contributed by atoms with Crippen molar-refractivity contribution in [1.82, 2.24) is 14.6 Å². The molecule has 194 valence electrons. The van der Waals surface area contributed by atoms with Gasteiger partial charge in [-0.15, -0.1) is 0 Å². The van der Waals surface area contributed by atoms with Crippen molar-refractivity contribution in [3.05, 3.63) is 57.7 Å². The molecule has 2 rings (SSSR count). The monoisotopic (exact) mass is 529 g/mol. The van der Waals surface area contributed by atoms with Crippen LogP contribution in [0.2, 0.25) is 0 Å². The Morgan fingerprint density at radius 1 is 1.17 bits per heavy atom. The van der Waals surface area contributed by atoms with E-state index < -0.39 is 38.2 Å². The molecule has 2 aromatic rings. The van der Waals surface area contributed by atoms with Crippen LogP contribution in [0.3, 0.4) is 0 Å². The zero-order chi connectivity index (χ0) is 26.2. The molecule has 5 atom stereocenters. The lowest BCUT2D eigenvalue weighted by Gasteiger charge is -2.28. The van der Waals surface area contributed by atoms with Gasteiger partial charge in [0.25, 0.3) is 5.56 Å². The highest BCUT2D eigenvalue weighted by atomic mass is 32.1. The van der Waals surface area contributed by atoms with E-state index in [1.54, 1.807) is 51.1 Å². The van der Waals surface area contributed by atoms with Crippen LogP contribution in [-0.4, -0.2) is 51.6 Å². The van der Waals surface area contributed by atoms with Gasteiger partial charge in [0.15, 0.2) is 4.77 Å². The second kappa shape index (κ2) is 13.1. The van der Waals surface area contributed by atoms with Crippen molar-refractivity contribution >= 4 is 25.9 Å². The van der Waals surface area contributed by atoms with Gasteiger partial charge in [-0.2, -0.15) is 5.09 Å². The van der Waals surface area contributed by atoms with Crippen LogP contribution in [0.25, 0.3) is 0 Å². The predicted molar refractivity (Wildman–Crippen MR) is 132 cm³/mol. The molecule has 0 aliphatic rings. The van der Waals surface area contributed by atoms with E-state index in [2.05, 4.69) is 10.1 Å². The summed E-state index contributed by atoms with van der Waals surface area (Å²) in [5.74, 6) is -0.389. The Labute approximate surface area is 209 Å². The molecule has 0 aliphatic heterocycles. The molecule has 3 N–H and O–H groups in total. The minimum absolute atomic E-state index is 0.132. The van der Waals surface area contributed by atoms with Crippen LogP contribution in [-0.2, 0) is 23.4 Å². The highest BCUT2D eigenvalue weighted by molar-refractivity contribution is 7.71. The Morgan fingerprint density at radius 3 is 2.40 bits per heavy atom. The molecule has 0 radical (unpaired) electrons. The molecule has 0 saturated carbocycles. The number of ether oxygens (including phenoxy) is 2. The van der Waals surface area contributed by atoms with Crippen LogP contribution in [0.4, 0.5) is 0 Å². The van der Waals surface area contributed by atoms with Gasteiger partial charge in [-0.05, 0) is 59.0 Å². The van der Waals surface area contributed by atoms with Gasteiger partial charge in [0.2, 0.25) is 0 Å². The Bertz CT molecular complexity index is 1120. The smallest absolute Gasteiger partial charge is 0.459 e. The zero-order valence-electron chi connectivity index (χ0n) is 20.2. The Morgan fingerprint density at radius 2 is 1.83 bits per heavy atom. The number of nitrogens with zero attached hydrogens (tertiary/aromatic N) is 1. The molecule has 0 bridgehead atoms. The summed E-state index contributed by atoms with van der Waals surface area (Å²) in [4.78, 5) is 26.2. The zero-order valence-corrected chi connectivity index (χ0v) is 22.0. The number of benzene rings is 1. The van der Waals surface area contributed by atoms with E-state index in [4.69, 9.17) is 30.7 Å². The molecule has 0 amide bonds. The highest BCUT2D eigenvalue weighted by Crippen LogP contribution is 2.45. The summed E-state index contributed by atoms with van der Waals surface area (Å²) in [6.07, 6.45) is -1.62. The standard InChI is InChI=1S/C22H32N3O8PS/c1-14(2)31-21(28)15(3)24-34(29,33-18-9-7-6-8-10-18)30-13-19(16(4)26)32-17(5)25-12-11-20(27)23-22(25)35/h6-12,14-17,19,26H,13H2,1-5H3,(H,24,29)(H,23,27,35)/t15-,16+,17+,19?,34?/m0/s1. The van der Waals surface area contributed by atoms with Gasteiger partial charge < -0.3 is 19.1 Å². The van der Waals surface area contributed by atoms with Gasteiger partial charge >= 0.3 is 13.7 Å². The van der Waals surface area contributed by atoms with Gasteiger partial charge in [-0.3, -0.25) is 23.7 Å². The third kappa shape index (κ3) is 9.32. The van der Waals surface area contributed by atoms with Gasteiger partial charge in [-0.25, -0.2) is 4.57 Å². The molecule has 1 aromatic heterocycles. The first-order valence-corrected chi connectivity index (χ1v) is 13.0. The number of esters is 1. The predicted octanol–water partition coefficient (Wildman–Crippen LogP) is 3.32. The van der Waals surface area contributed by atoms with Crippen molar-refractivity contribution in [2.24, 2.45) is 0 Å². The number of aliphatic hydroxyl groups excluding tert-OH is 1. The molecule has 0 saturated heterocycles. The molecule has 1 aromatic carbocycles. The van der Waals surface area contributed by atoms with Crippen LogP contribution in [0.5, 0.6) is 5.75 Å². The van der Waals surface area contributed by atoms with Gasteiger partial charge in [0, 0.05) is 12.3 Å². The van der Waals surface area contributed by atoms with E-state index in [-0.39, 0.29) is 28.8 Å². The number of hydrogen-bond acceptors (Lipinski definition) is 9. The Hall–Kier alpha value is -2.34. The first-order valence-electron chi connectivity index (χ1n) is 11.0. The molecule has 11 nitrogen and oxygen atoms in total. The second-order valence-corrected chi connectivity index (χ2v) is 10.1. The number of aromatic nitrogens is 2. The molecule has 13 heteroatoms. The highest BCUT2D eigenvalue weighted by Gasteiger charge is 2.34. The second-order valence-electron chi connectivity index (χ2n) is 8.07. The number of aliphatic hydroxyl groups is 1. The lowest BCUT2D eigenvalue weighted by Crippen LogP contribution is -2.38. The third-order valence-electron chi connectivity index (χ3n) is 4.59. The van der Waals surface area contributed by atoms with Crippen LogP contribution < -0.4 is 15.2 Å². The average molecular weight is 530 g/mol. The SMILES string of the molecule is CC(C)OC(=O)[C@H](C)NP(=O)(OCC(O[C@H](C)n1ccc(=O)[nH]c1=S)[C@@H](C)O)Oc1ccccc1. The number of nitrogens with one attached hydrogen (secondary N) is 2. The number of para-hydroxylation sites is 1. The maximum absolute atomic E-state index is 13.6. The fourth-order valence-electron chi connectivity index (χ4n) is 2.83. The fraction of sp³-hybridized carbons (Fsp3) is 0.500. The summed E-state index contributed by atoms with van der Waals surface area (Å²) in [5.41, 5.74) is -0.357. The average Bonchev–Trinajstić information content (AvgIpc) is 2.76. The largest absolute Gasteiger partial charge is 0.462 e. The lowest BCUT2D eigenvalue weighted by molar-refractivity contribution is -0.149. The maximum atomic E-state index is 13.6. The summed E-state index contributed by atoms with van der Waals surface area (Å²) in [7, 11) is -4.14. The van der Waals surface area contributed by atoms with Crippen molar-refractivity contribution in [3.63, 3.8) is 0 Å². The summed E-state index contributed by atoms with van der Waals surface area (Å²) in [6, 6.07) is 8.56. The minimum Gasteiger partial charge on any atom is -0.462 e. The summed E-state index contributed by atoms with van der Waals surface area (Å²) < 4.78 is 37.4. The fourth-order valence-corrected chi connectivity index (χ4v) is 4.64. The van der Waals surface area contributed by atoms with Crippen molar-refractivity contribution < 1.29 is 33.0 Å². The summed E-state index contributed by atoms with van der Waals surface area (Å²) in [6.45, 7) is 7.64. The summed E-state index contributed by atoms with van der Waals surface area (Å²) >= 11 is 5.15. The molecular weight excluding hydrogens is 497 g/mol. The van der Waals surface area contributed by atoms with E-state index in [9.17, 15) is 19.3 Å². The molecule has 0 fully saturated rings. The number of H-pyrrole nitrogens is 1. The quantitative estimate of drug-likeness (QED) is 0.201. The molecule has 1 heterocycles. The number of hydrogen-bond donors (Lipinski definition) is 3. The van der Waals surface area contributed by atoms with Crippen molar-refractivity contribution in [1.29, 1.82) is 0 Å². The van der Waals surface area contributed by atoms with E-state index >= 15 is 0 Å². The molecular formula is C22H32N3O8PS. The van der Waals surface area contributed by atoms with E-state index in [0.29, 0.717) is 0 Å². The van der Waals surface area contributed by atoms with Crippen molar-refractivity contribution in [3.8, 4) is 5.75 Å². The van der Waals surface area contributed by atoms with Gasteiger partial charge in [0.05, 0.1) is 18.8 Å². The number of rotatable bonds is 13. The number of carbonyl (C=O) groups excluding carboxylic acids is 1. The molecule has 0 spiro atoms. The number of aromatic amines is 1. The van der Waals surface area contributed by atoms with Crippen molar-refractivity contribution in [2.75, 3.05) is 6.61 Å². The molecule has 0 aliphatic carbocycles. The van der Waals surface area contributed by atoms with E-state index in [0.717, 1.165) is 0 Å². The minimum atomic E-state index is -4.14. The van der Waals surface area contributed by atoms with Crippen LogP contribution >= 0.6 is 20.0 Å². The summed E-state index contributed by atoms with van der Waals surface area (Å²) in [5, 5.41) is 12.8. The topological polar surface area (TPSA) is 141 Å². The third-order valence-corrected chi connectivity index (χ3v) is 6.54. The maximum Gasteiger partial charge on any atom is 0.459 e. The van der Waals surface area contributed by atoms with Crippen molar-refractivity contribution in [2.45, 2.75) is 65.2 Å². The molecule has 2 unspecified atom stereocenters. The van der Waals surface area contributed by atoms with Gasteiger partial charge in [0.1, 0.15) is 24.1 Å². The van der Waals surface area contributed by atoms with Gasteiger partial charge in [-0.1, -0.05) is 18.2 Å². The number of carbonyl (C=O) groups is 1.